The number of phenols is 2. The predicted octanol–water partition coefficient (Wildman–Crippen LogP) is 0.616. The Kier molecular flexibility index (Phi) is 2.96. The van der Waals surface area contributed by atoms with Crippen LogP contribution in [0.1, 0.15) is 16.8 Å². The van der Waals surface area contributed by atoms with Crippen LogP contribution in [-0.4, -0.2) is 35.4 Å². The summed E-state index contributed by atoms with van der Waals surface area (Å²) in [5.74, 6) is -0.581. The molecule has 5 nitrogen and oxygen atoms in total. The average Bonchev–Trinajstić information content (AvgIpc) is 2.68. The van der Waals surface area contributed by atoms with Crippen molar-refractivity contribution in [1.82, 2.24) is 5.32 Å². The molecule has 0 bridgehead atoms. The topological polar surface area (TPSA) is 78.8 Å². The Morgan fingerprint density at radius 3 is 2.56 bits per heavy atom. The van der Waals surface area contributed by atoms with Gasteiger partial charge in [-0.1, -0.05) is 0 Å². The van der Waals surface area contributed by atoms with Crippen LogP contribution in [0.5, 0.6) is 11.5 Å². The predicted molar refractivity (Wildman–Crippen MR) is 56.5 cm³/mol. The Balaban J connectivity index is 2.07. The van der Waals surface area contributed by atoms with Crippen LogP contribution in [-0.2, 0) is 4.74 Å². The van der Waals surface area contributed by atoms with E-state index in [1.807, 2.05) is 0 Å². The maximum atomic E-state index is 11.7. The van der Waals surface area contributed by atoms with Crippen molar-refractivity contribution in [2.45, 2.75) is 12.5 Å². The smallest absolute Gasteiger partial charge is 0.251 e. The van der Waals surface area contributed by atoms with E-state index in [0.717, 1.165) is 6.42 Å². The molecule has 1 aromatic carbocycles. The first-order valence-corrected chi connectivity index (χ1v) is 5.07. The van der Waals surface area contributed by atoms with E-state index in [9.17, 15) is 15.0 Å². The van der Waals surface area contributed by atoms with Crippen LogP contribution < -0.4 is 5.32 Å². The van der Waals surface area contributed by atoms with Crippen LogP contribution in [0.3, 0.4) is 0 Å². The molecule has 1 aliphatic rings. The van der Waals surface area contributed by atoms with Crippen molar-refractivity contribution in [1.29, 1.82) is 0 Å². The number of carbonyl (C=O) groups is 1. The summed E-state index contributed by atoms with van der Waals surface area (Å²) >= 11 is 0. The zero-order valence-corrected chi connectivity index (χ0v) is 8.64. The van der Waals surface area contributed by atoms with Gasteiger partial charge < -0.3 is 20.3 Å². The summed E-state index contributed by atoms with van der Waals surface area (Å²) in [7, 11) is 0. The molecule has 1 heterocycles. The Hall–Kier alpha value is -1.75. The number of hydrogen-bond donors (Lipinski definition) is 3. The first-order chi connectivity index (χ1) is 7.65. The standard InChI is InChI=1S/C11H13NO4/c13-9-3-7(4-10(14)5-9)11(15)12-8-1-2-16-6-8/h3-5,8,13-14H,1-2,6H2,(H,12,15). The van der Waals surface area contributed by atoms with E-state index in [-0.39, 0.29) is 29.0 Å². The van der Waals surface area contributed by atoms with Crippen LogP contribution in [0.25, 0.3) is 0 Å². The number of aromatic hydroxyl groups is 2. The van der Waals surface area contributed by atoms with Gasteiger partial charge in [0.1, 0.15) is 11.5 Å². The van der Waals surface area contributed by atoms with Crippen molar-refractivity contribution in [2.24, 2.45) is 0 Å². The largest absolute Gasteiger partial charge is 0.508 e. The van der Waals surface area contributed by atoms with Gasteiger partial charge >= 0.3 is 0 Å². The minimum atomic E-state index is -0.318. The number of nitrogens with one attached hydrogen (secondary N) is 1. The van der Waals surface area contributed by atoms with E-state index in [0.29, 0.717) is 13.2 Å². The van der Waals surface area contributed by atoms with E-state index in [2.05, 4.69) is 5.32 Å². The second-order valence-corrected chi connectivity index (χ2v) is 3.77. The lowest BCUT2D eigenvalue weighted by Crippen LogP contribution is -2.34. The second kappa shape index (κ2) is 4.40. The van der Waals surface area contributed by atoms with Crippen molar-refractivity contribution in [3.05, 3.63) is 23.8 Å². The molecule has 0 spiro atoms. The molecule has 0 saturated carbocycles. The SMILES string of the molecule is O=C(NC1CCOC1)c1cc(O)cc(O)c1. The third kappa shape index (κ3) is 2.43. The minimum Gasteiger partial charge on any atom is -0.508 e. The van der Waals surface area contributed by atoms with Gasteiger partial charge in [0, 0.05) is 18.2 Å². The van der Waals surface area contributed by atoms with Gasteiger partial charge in [-0.2, -0.15) is 0 Å². The van der Waals surface area contributed by atoms with Gasteiger partial charge in [0.2, 0.25) is 0 Å². The van der Waals surface area contributed by atoms with Gasteiger partial charge in [-0.15, -0.1) is 0 Å². The number of carbonyl (C=O) groups excluding carboxylic acids is 1. The number of benzene rings is 1. The van der Waals surface area contributed by atoms with E-state index in [1.165, 1.54) is 18.2 Å². The normalized spacial score (nSPS) is 19.6. The van der Waals surface area contributed by atoms with Crippen LogP contribution in [0.4, 0.5) is 0 Å². The summed E-state index contributed by atoms with van der Waals surface area (Å²) in [4.78, 5) is 11.7. The molecule has 16 heavy (non-hydrogen) atoms. The Bertz CT molecular complexity index is 379. The highest BCUT2D eigenvalue weighted by molar-refractivity contribution is 5.95. The van der Waals surface area contributed by atoms with Gasteiger partial charge in [-0.3, -0.25) is 4.79 Å². The summed E-state index contributed by atoms with van der Waals surface area (Å²) in [6, 6.07) is 3.81. The maximum Gasteiger partial charge on any atom is 0.251 e. The van der Waals surface area contributed by atoms with E-state index < -0.39 is 0 Å². The van der Waals surface area contributed by atoms with Crippen LogP contribution >= 0.6 is 0 Å². The maximum absolute atomic E-state index is 11.7. The van der Waals surface area contributed by atoms with Gasteiger partial charge in [0.25, 0.3) is 5.91 Å². The quantitative estimate of drug-likeness (QED) is 0.686. The Labute approximate surface area is 92.7 Å². The van der Waals surface area contributed by atoms with Gasteiger partial charge in [-0.05, 0) is 18.6 Å². The third-order valence-electron chi connectivity index (χ3n) is 2.43. The Morgan fingerprint density at radius 2 is 2.00 bits per heavy atom. The first kappa shape index (κ1) is 10.8. The third-order valence-corrected chi connectivity index (χ3v) is 2.43. The molecule has 86 valence electrons. The molecule has 1 saturated heterocycles. The van der Waals surface area contributed by atoms with Crippen molar-refractivity contribution in [2.75, 3.05) is 13.2 Å². The molecule has 1 unspecified atom stereocenters. The summed E-state index contributed by atoms with van der Waals surface area (Å²) in [6.07, 6.45) is 0.788. The highest BCUT2D eigenvalue weighted by Gasteiger charge is 2.19. The van der Waals surface area contributed by atoms with E-state index >= 15 is 0 Å². The molecule has 1 fully saturated rings. The fourth-order valence-electron chi connectivity index (χ4n) is 1.64. The lowest BCUT2D eigenvalue weighted by Gasteiger charge is -2.10. The van der Waals surface area contributed by atoms with Gasteiger partial charge in [-0.25, -0.2) is 0 Å². The molecule has 1 aromatic rings. The lowest BCUT2D eigenvalue weighted by molar-refractivity contribution is 0.0929. The Morgan fingerprint density at radius 1 is 1.31 bits per heavy atom. The molecule has 0 aliphatic carbocycles. The number of hydrogen-bond acceptors (Lipinski definition) is 4. The fraction of sp³-hybridized carbons (Fsp3) is 0.364. The fourth-order valence-corrected chi connectivity index (χ4v) is 1.64. The number of ether oxygens (including phenoxy) is 1. The second-order valence-electron chi connectivity index (χ2n) is 3.77. The highest BCUT2D eigenvalue weighted by atomic mass is 16.5. The van der Waals surface area contributed by atoms with Crippen molar-refractivity contribution >= 4 is 5.91 Å². The molecule has 1 atom stereocenters. The molecule has 3 N–H and O–H groups in total. The summed E-state index contributed by atoms with van der Waals surface area (Å²) < 4.78 is 5.13. The molecular formula is C11H13NO4. The van der Waals surface area contributed by atoms with Crippen LogP contribution in [0.15, 0.2) is 18.2 Å². The highest BCUT2D eigenvalue weighted by Crippen LogP contribution is 2.20. The van der Waals surface area contributed by atoms with Gasteiger partial charge in [0.05, 0.1) is 12.6 Å². The van der Waals surface area contributed by atoms with E-state index in [1.54, 1.807) is 0 Å². The van der Waals surface area contributed by atoms with Gasteiger partial charge in [0.15, 0.2) is 0 Å². The molecule has 5 heteroatoms. The number of amides is 1. The summed E-state index contributed by atoms with van der Waals surface area (Å²) in [5, 5.41) is 21.2. The zero-order chi connectivity index (χ0) is 11.5. The first-order valence-electron chi connectivity index (χ1n) is 5.07. The lowest BCUT2D eigenvalue weighted by atomic mass is 10.1. The molecule has 0 aromatic heterocycles. The van der Waals surface area contributed by atoms with Crippen molar-refractivity contribution in [3.63, 3.8) is 0 Å². The zero-order valence-electron chi connectivity index (χ0n) is 8.64. The molecule has 2 rings (SSSR count). The number of phenolic OH excluding ortho intramolecular Hbond substituents is 2. The average molecular weight is 223 g/mol. The number of rotatable bonds is 2. The van der Waals surface area contributed by atoms with Crippen molar-refractivity contribution in [3.8, 4) is 11.5 Å². The monoisotopic (exact) mass is 223 g/mol. The summed E-state index contributed by atoms with van der Waals surface area (Å²) in [6.45, 7) is 1.16. The van der Waals surface area contributed by atoms with Crippen molar-refractivity contribution < 1.29 is 19.7 Å². The summed E-state index contributed by atoms with van der Waals surface area (Å²) in [5.41, 5.74) is 0.240. The molecule has 1 aliphatic heterocycles. The van der Waals surface area contributed by atoms with Crippen LogP contribution in [0.2, 0.25) is 0 Å². The molecule has 1 amide bonds. The molecule has 0 radical (unpaired) electrons. The molecular weight excluding hydrogens is 210 g/mol. The van der Waals surface area contributed by atoms with Crippen LogP contribution in [0, 0.1) is 0 Å². The van der Waals surface area contributed by atoms with E-state index in [4.69, 9.17) is 4.74 Å². The minimum absolute atomic E-state index is 0.0111.